The van der Waals surface area contributed by atoms with E-state index in [1.807, 2.05) is 6.20 Å². The maximum Gasteiger partial charge on any atom is 0.126 e. The van der Waals surface area contributed by atoms with Crippen LogP contribution in [0.2, 0.25) is 0 Å². The van der Waals surface area contributed by atoms with Crippen molar-refractivity contribution in [2.75, 3.05) is 18.4 Å². The van der Waals surface area contributed by atoms with Gasteiger partial charge in [-0.25, -0.2) is 4.98 Å². The molecule has 0 radical (unpaired) electrons. The quantitative estimate of drug-likeness (QED) is 0.775. The molecule has 2 heterocycles. The Bertz CT molecular complexity index is 286. The second-order valence-electron chi connectivity index (χ2n) is 4.24. The Morgan fingerprint density at radius 3 is 3.07 bits per heavy atom. The van der Waals surface area contributed by atoms with Crippen molar-refractivity contribution < 1.29 is 0 Å². The molecular formula is C12H19N3. The highest BCUT2D eigenvalue weighted by atomic mass is 15.0. The van der Waals surface area contributed by atoms with E-state index in [1.54, 1.807) is 0 Å². The second-order valence-corrected chi connectivity index (χ2v) is 4.24. The zero-order valence-electron chi connectivity index (χ0n) is 9.29. The van der Waals surface area contributed by atoms with E-state index in [0.29, 0.717) is 6.04 Å². The van der Waals surface area contributed by atoms with Gasteiger partial charge < -0.3 is 10.6 Å². The molecule has 1 unspecified atom stereocenters. The van der Waals surface area contributed by atoms with Crippen LogP contribution in [0, 0.1) is 6.92 Å². The van der Waals surface area contributed by atoms with Gasteiger partial charge in [-0.05, 0) is 50.9 Å². The molecule has 0 aliphatic carbocycles. The van der Waals surface area contributed by atoms with Gasteiger partial charge in [0, 0.05) is 12.2 Å². The Morgan fingerprint density at radius 2 is 2.27 bits per heavy atom. The van der Waals surface area contributed by atoms with Crippen molar-refractivity contribution in [3.05, 3.63) is 23.9 Å². The number of aromatic nitrogens is 1. The van der Waals surface area contributed by atoms with E-state index in [2.05, 4.69) is 34.7 Å². The minimum absolute atomic E-state index is 0.579. The van der Waals surface area contributed by atoms with Crippen molar-refractivity contribution >= 4 is 5.82 Å². The Morgan fingerprint density at radius 1 is 1.33 bits per heavy atom. The number of hydrogen-bond donors (Lipinski definition) is 2. The van der Waals surface area contributed by atoms with Crippen molar-refractivity contribution in [3.63, 3.8) is 0 Å². The maximum atomic E-state index is 4.37. The number of pyridine rings is 1. The van der Waals surface area contributed by atoms with Crippen LogP contribution in [-0.4, -0.2) is 24.1 Å². The summed E-state index contributed by atoms with van der Waals surface area (Å²) in [7, 11) is 0. The predicted octanol–water partition coefficient (Wildman–Crippen LogP) is 1.94. The van der Waals surface area contributed by atoms with Gasteiger partial charge in [-0.1, -0.05) is 6.07 Å². The van der Waals surface area contributed by atoms with Crippen LogP contribution in [0.1, 0.15) is 24.8 Å². The monoisotopic (exact) mass is 205 g/mol. The first kappa shape index (κ1) is 10.4. The molecule has 82 valence electrons. The molecule has 0 aromatic carbocycles. The molecule has 1 aliphatic heterocycles. The summed E-state index contributed by atoms with van der Waals surface area (Å²) in [6.45, 7) is 4.33. The summed E-state index contributed by atoms with van der Waals surface area (Å²) in [5.41, 5.74) is 1.21. The minimum Gasteiger partial charge on any atom is -0.367 e. The van der Waals surface area contributed by atoms with Crippen LogP contribution < -0.4 is 10.6 Å². The molecule has 3 nitrogen and oxygen atoms in total. The van der Waals surface area contributed by atoms with E-state index in [4.69, 9.17) is 0 Å². The summed E-state index contributed by atoms with van der Waals surface area (Å²) in [5, 5.41) is 6.91. The fraction of sp³-hybridized carbons (Fsp3) is 0.583. The van der Waals surface area contributed by atoms with Gasteiger partial charge in [0.05, 0.1) is 0 Å². The maximum absolute atomic E-state index is 4.37. The largest absolute Gasteiger partial charge is 0.367 e. The van der Waals surface area contributed by atoms with Gasteiger partial charge in [0.15, 0.2) is 0 Å². The summed E-state index contributed by atoms with van der Waals surface area (Å²) in [5.74, 6) is 1.01. The lowest BCUT2D eigenvalue weighted by Gasteiger charge is -2.16. The third-order valence-electron chi connectivity index (χ3n) is 2.84. The normalized spacial score (nSPS) is 22.1. The molecule has 2 rings (SSSR count). The molecule has 1 saturated heterocycles. The standard InChI is InChI=1S/C12H19N3/c1-10-4-5-12(14-9-10)15-11-3-2-7-13-8-6-11/h4-5,9,11,13H,2-3,6-8H2,1H3,(H,14,15). The average molecular weight is 205 g/mol. The second kappa shape index (κ2) is 5.12. The van der Waals surface area contributed by atoms with E-state index < -0.39 is 0 Å². The number of rotatable bonds is 2. The van der Waals surface area contributed by atoms with Gasteiger partial charge in [-0.15, -0.1) is 0 Å². The zero-order valence-corrected chi connectivity index (χ0v) is 9.29. The molecule has 0 spiro atoms. The summed E-state index contributed by atoms with van der Waals surface area (Å²) >= 11 is 0. The van der Waals surface area contributed by atoms with Crippen molar-refractivity contribution in [1.29, 1.82) is 0 Å². The number of nitrogens with one attached hydrogen (secondary N) is 2. The first-order valence-corrected chi connectivity index (χ1v) is 5.74. The van der Waals surface area contributed by atoms with E-state index >= 15 is 0 Å². The first-order valence-electron chi connectivity index (χ1n) is 5.74. The molecule has 1 fully saturated rings. The molecule has 3 heteroatoms. The lowest BCUT2D eigenvalue weighted by atomic mass is 10.1. The van der Waals surface area contributed by atoms with Crippen molar-refractivity contribution in [1.82, 2.24) is 10.3 Å². The Hall–Kier alpha value is -1.09. The number of aryl methyl sites for hydroxylation is 1. The minimum atomic E-state index is 0.579. The average Bonchev–Trinajstić information content (AvgIpc) is 2.50. The third-order valence-corrected chi connectivity index (χ3v) is 2.84. The highest BCUT2D eigenvalue weighted by Gasteiger charge is 2.11. The van der Waals surface area contributed by atoms with Gasteiger partial charge in [0.25, 0.3) is 0 Å². The highest BCUT2D eigenvalue weighted by molar-refractivity contribution is 5.36. The fourth-order valence-electron chi connectivity index (χ4n) is 1.93. The number of hydrogen-bond acceptors (Lipinski definition) is 3. The van der Waals surface area contributed by atoms with Crippen molar-refractivity contribution in [2.24, 2.45) is 0 Å². The summed E-state index contributed by atoms with van der Waals surface area (Å²) in [6, 6.07) is 4.74. The molecule has 0 bridgehead atoms. The van der Waals surface area contributed by atoms with E-state index in [-0.39, 0.29) is 0 Å². The van der Waals surface area contributed by atoms with Crippen LogP contribution in [0.15, 0.2) is 18.3 Å². The van der Waals surface area contributed by atoms with Gasteiger partial charge in [-0.2, -0.15) is 0 Å². The van der Waals surface area contributed by atoms with E-state index in [9.17, 15) is 0 Å². The highest BCUT2D eigenvalue weighted by Crippen LogP contribution is 2.12. The van der Waals surface area contributed by atoms with E-state index in [1.165, 1.54) is 24.8 Å². The van der Waals surface area contributed by atoms with Gasteiger partial charge in [0.1, 0.15) is 5.82 Å². The molecular weight excluding hydrogens is 186 g/mol. The topological polar surface area (TPSA) is 37.0 Å². The smallest absolute Gasteiger partial charge is 0.126 e. The van der Waals surface area contributed by atoms with Crippen LogP contribution >= 0.6 is 0 Å². The van der Waals surface area contributed by atoms with Crippen LogP contribution in [0.4, 0.5) is 5.82 Å². The molecule has 0 saturated carbocycles. The lowest BCUT2D eigenvalue weighted by Crippen LogP contribution is -2.21. The molecule has 1 aromatic rings. The van der Waals surface area contributed by atoms with Crippen LogP contribution in [0.3, 0.4) is 0 Å². The Balaban J connectivity index is 1.92. The molecule has 1 aromatic heterocycles. The summed E-state index contributed by atoms with van der Waals surface area (Å²) in [6.07, 6.45) is 5.60. The Labute approximate surface area is 91.3 Å². The SMILES string of the molecule is Cc1ccc(NC2CCCNCC2)nc1. The first-order chi connectivity index (χ1) is 7.34. The van der Waals surface area contributed by atoms with Crippen LogP contribution in [0.25, 0.3) is 0 Å². The summed E-state index contributed by atoms with van der Waals surface area (Å²) in [4.78, 5) is 4.37. The van der Waals surface area contributed by atoms with Crippen molar-refractivity contribution in [2.45, 2.75) is 32.2 Å². The number of anilines is 1. The molecule has 1 aliphatic rings. The molecule has 1 atom stereocenters. The molecule has 2 N–H and O–H groups in total. The van der Waals surface area contributed by atoms with Gasteiger partial charge >= 0.3 is 0 Å². The molecule has 15 heavy (non-hydrogen) atoms. The summed E-state index contributed by atoms with van der Waals surface area (Å²) < 4.78 is 0. The van der Waals surface area contributed by atoms with Crippen LogP contribution in [0.5, 0.6) is 0 Å². The molecule has 0 amide bonds. The lowest BCUT2D eigenvalue weighted by molar-refractivity contribution is 0.635. The zero-order chi connectivity index (χ0) is 10.5. The number of nitrogens with zero attached hydrogens (tertiary/aromatic N) is 1. The van der Waals surface area contributed by atoms with Crippen LogP contribution in [-0.2, 0) is 0 Å². The fourth-order valence-corrected chi connectivity index (χ4v) is 1.93. The Kier molecular flexibility index (Phi) is 3.56. The predicted molar refractivity (Wildman–Crippen MR) is 63.1 cm³/mol. The van der Waals surface area contributed by atoms with Gasteiger partial charge in [0.2, 0.25) is 0 Å². The van der Waals surface area contributed by atoms with E-state index in [0.717, 1.165) is 18.9 Å². The van der Waals surface area contributed by atoms with Gasteiger partial charge in [-0.3, -0.25) is 0 Å². The van der Waals surface area contributed by atoms with Crippen molar-refractivity contribution in [3.8, 4) is 0 Å². The third kappa shape index (κ3) is 3.20.